The molecule has 0 aromatic carbocycles. The number of amides is 2. The first-order valence-corrected chi connectivity index (χ1v) is 9.73. The summed E-state index contributed by atoms with van der Waals surface area (Å²) in [7, 11) is 0. The largest absolute Gasteiger partial charge is 0.480 e. The Hall–Kier alpha value is -1.56. The first-order valence-electron chi connectivity index (χ1n) is 9.73. The van der Waals surface area contributed by atoms with E-state index in [1.54, 1.807) is 0 Å². The number of allylic oxidation sites excluding steroid dienone is 2. The molecule has 25 heavy (non-hydrogen) atoms. The fraction of sp³-hybridized carbons (Fsp3) is 0.789. The number of likely N-dealkylation sites (tertiary alicyclic amines) is 1. The maximum atomic E-state index is 12.5. The minimum absolute atomic E-state index is 0.0464. The van der Waals surface area contributed by atoms with Gasteiger partial charge in [0.15, 0.2) is 0 Å². The summed E-state index contributed by atoms with van der Waals surface area (Å²) in [6, 6.07) is 0.314. The normalized spacial score (nSPS) is 29.2. The fourth-order valence-corrected chi connectivity index (χ4v) is 4.72. The summed E-state index contributed by atoms with van der Waals surface area (Å²) in [5.74, 6) is 1.18. The summed E-state index contributed by atoms with van der Waals surface area (Å²) >= 11 is 0. The van der Waals surface area contributed by atoms with E-state index in [1.807, 2.05) is 16.7 Å². The smallest absolute Gasteiger partial charge is 0.317 e. The third kappa shape index (κ3) is 4.54. The number of aliphatic carboxylic acids is 1. The molecular weight excluding hydrogens is 318 g/mol. The molecule has 3 aliphatic carbocycles. The minimum Gasteiger partial charge on any atom is -0.480 e. The van der Waals surface area contributed by atoms with Gasteiger partial charge in [-0.1, -0.05) is 19.1 Å². The highest BCUT2D eigenvalue weighted by Gasteiger charge is 2.32. The van der Waals surface area contributed by atoms with Crippen LogP contribution in [0.3, 0.4) is 0 Å². The van der Waals surface area contributed by atoms with E-state index in [4.69, 9.17) is 5.11 Å². The summed E-state index contributed by atoms with van der Waals surface area (Å²) < 4.78 is 0. The Labute approximate surface area is 150 Å². The fourth-order valence-electron chi connectivity index (χ4n) is 4.72. The van der Waals surface area contributed by atoms with Gasteiger partial charge >= 0.3 is 12.0 Å². The van der Waals surface area contributed by atoms with Crippen LogP contribution < -0.4 is 5.32 Å². The van der Waals surface area contributed by atoms with Gasteiger partial charge in [-0.25, -0.2) is 4.79 Å². The van der Waals surface area contributed by atoms with Crippen LogP contribution in [0.2, 0.25) is 0 Å². The van der Waals surface area contributed by atoms with Crippen LogP contribution in [0.5, 0.6) is 0 Å². The number of likely N-dealkylation sites (N-methyl/N-ethyl adjacent to an activating group) is 1. The number of carbonyl (C=O) groups excluding carboxylic acids is 1. The highest BCUT2D eigenvalue weighted by atomic mass is 16.4. The Bertz CT molecular complexity index is 514. The van der Waals surface area contributed by atoms with Gasteiger partial charge in [0.1, 0.15) is 0 Å². The van der Waals surface area contributed by atoms with Crippen LogP contribution in [0.25, 0.3) is 0 Å². The molecule has 6 nitrogen and oxygen atoms in total. The van der Waals surface area contributed by atoms with Crippen LogP contribution in [-0.2, 0) is 4.79 Å². The third-order valence-corrected chi connectivity index (χ3v) is 6.24. The molecule has 2 bridgehead atoms. The second-order valence-corrected chi connectivity index (χ2v) is 7.74. The van der Waals surface area contributed by atoms with Crippen molar-refractivity contribution in [2.45, 2.75) is 45.1 Å². The van der Waals surface area contributed by atoms with Crippen molar-refractivity contribution in [3.05, 3.63) is 12.2 Å². The number of carboxylic acid groups (broad SMARTS) is 1. The molecule has 6 heteroatoms. The van der Waals surface area contributed by atoms with Crippen molar-refractivity contribution in [2.24, 2.45) is 17.8 Å². The number of fused-ring (bicyclic) bond motifs is 2. The molecule has 2 amide bonds. The first-order chi connectivity index (χ1) is 12.1. The molecule has 1 heterocycles. The number of rotatable bonds is 6. The molecule has 0 radical (unpaired) electrons. The molecular formula is C19H31N3O3. The quantitative estimate of drug-likeness (QED) is 0.721. The van der Waals surface area contributed by atoms with E-state index in [-0.39, 0.29) is 18.6 Å². The van der Waals surface area contributed by atoms with Gasteiger partial charge in [0, 0.05) is 25.7 Å². The molecule has 0 aromatic heterocycles. The standard InChI is InChI=1S/C19H31N3O3/c1-2-21(13-18(23)24)17-7-9-22(10-8-17)19(25)20-12-16-11-14-3-5-15(16)6-4-14/h3,5,14-17H,2,4,6-13H2,1H3,(H,20,25)(H,23,24). The maximum Gasteiger partial charge on any atom is 0.317 e. The highest BCUT2D eigenvalue weighted by Crippen LogP contribution is 2.39. The van der Waals surface area contributed by atoms with Crippen LogP contribution in [0.1, 0.15) is 39.0 Å². The summed E-state index contributed by atoms with van der Waals surface area (Å²) in [5, 5.41) is 12.1. The molecule has 0 spiro atoms. The minimum atomic E-state index is -0.780. The zero-order chi connectivity index (χ0) is 17.8. The highest BCUT2D eigenvalue weighted by molar-refractivity contribution is 5.74. The second-order valence-electron chi connectivity index (χ2n) is 7.74. The van der Waals surface area contributed by atoms with Crippen LogP contribution in [-0.4, -0.2) is 65.7 Å². The number of carbonyl (C=O) groups is 2. The number of piperidine rings is 1. The van der Waals surface area contributed by atoms with E-state index < -0.39 is 5.97 Å². The second kappa shape index (κ2) is 8.21. The Kier molecular flexibility index (Phi) is 5.99. The van der Waals surface area contributed by atoms with Gasteiger partial charge in [0.2, 0.25) is 0 Å². The van der Waals surface area contributed by atoms with Crippen molar-refractivity contribution < 1.29 is 14.7 Å². The number of hydrogen-bond acceptors (Lipinski definition) is 3. The number of nitrogens with one attached hydrogen (secondary N) is 1. The van der Waals surface area contributed by atoms with Crippen molar-refractivity contribution >= 4 is 12.0 Å². The average Bonchev–Trinajstić information content (AvgIpc) is 2.65. The lowest BCUT2D eigenvalue weighted by Gasteiger charge is -2.39. The predicted molar refractivity (Wildman–Crippen MR) is 96.3 cm³/mol. The Morgan fingerprint density at radius 3 is 2.48 bits per heavy atom. The van der Waals surface area contributed by atoms with Gasteiger partial charge in [-0.2, -0.15) is 0 Å². The zero-order valence-electron chi connectivity index (χ0n) is 15.2. The van der Waals surface area contributed by atoms with E-state index in [0.29, 0.717) is 24.9 Å². The van der Waals surface area contributed by atoms with Crippen LogP contribution in [0.15, 0.2) is 12.2 Å². The van der Waals surface area contributed by atoms with Crippen molar-refractivity contribution in [2.75, 3.05) is 32.7 Å². The Morgan fingerprint density at radius 2 is 1.96 bits per heavy atom. The molecule has 3 atom stereocenters. The van der Waals surface area contributed by atoms with E-state index in [1.165, 1.54) is 19.3 Å². The van der Waals surface area contributed by atoms with E-state index in [0.717, 1.165) is 31.8 Å². The van der Waals surface area contributed by atoms with Crippen molar-refractivity contribution in [3.63, 3.8) is 0 Å². The average molecular weight is 349 g/mol. The summed E-state index contributed by atoms with van der Waals surface area (Å²) in [5.41, 5.74) is 0. The topological polar surface area (TPSA) is 72.9 Å². The van der Waals surface area contributed by atoms with Gasteiger partial charge in [0.25, 0.3) is 0 Å². The van der Waals surface area contributed by atoms with Gasteiger partial charge in [-0.3, -0.25) is 9.69 Å². The summed E-state index contributed by atoms with van der Waals surface area (Å²) in [6.07, 6.45) is 10.2. The summed E-state index contributed by atoms with van der Waals surface area (Å²) in [4.78, 5) is 27.3. The molecule has 0 aromatic rings. The lowest BCUT2D eigenvalue weighted by atomic mass is 9.69. The molecule has 140 valence electrons. The van der Waals surface area contributed by atoms with Crippen LogP contribution >= 0.6 is 0 Å². The SMILES string of the molecule is CCN(CC(=O)O)C1CCN(C(=O)NCC2CC3C=CC2CC3)CC1. The van der Waals surface area contributed by atoms with Crippen LogP contribution in [0.4, 0.5) is 4.79 Å². The lowest BCUT2D eigenvalue weighted by molar-refractivity contribution is -0.139. The monoisotopic (exact) mass is 349 g/mol. The molecule has 1 saturated carbocycles. The zero-order valence-corrected chi connectivity index (χ0v) is 15.2. The third-order valence-electron chi connectivity index (χ3n) is 6.24. The van der Waals surface area contributed by atoms with Crippen LogP contribution in [0, 0.1) is 17.8 Å². The predicted octanol–water partition coefficient (Wildman–Crippen LogP) is 2.17. The van der Waals surface area contributed by atoms with Gasteiger partial charge in [-0.05, 0) is 56.4 Å². The summed E-state index contributed by atoms with van der Waals surface area (Å²) in [6.45, 7) is 5.03. The Balaban J connectivity index is 1.41. The number of nitrogens with zero attached hydrogens (tertiary/aromatic N) is 2. The first kappa shape index (κ1) is 18.2. The molecule has 2 fully saturated rings. The van der Waals surface area contributed by atoms with E-state index >= 15 is 0 Å². The van der Waals surface area contributed by atoms with Crippen molar-refractivity contribution in [1.29, 1.82) is 0 Å². The van der Waals surface area contributed by atoms with Gasteiger partial charge in [0.05, 0.1) is 6.54 Å². The molecule has 4 rings (SSSR count). The van der Waals surface area contributed by atoms with Gasteiger partial charge < -0.3 is 15.3 Å². The molecule has 1 saturated heterocycles. The van der Waals surface area contributed by atoms with Crippen molar-refractivity contribution in [1.82, 2.24) is 15.1 Å². The Morgan fingerprint density at radius 1 is 1.20 bits per heavy atom. The van der Waals surface area contributed by atoms with Gasteiger partial charge in [-0.15, -0.1) is 0 Å². The van der Waals surface area contributed by atoms with E-state index in [2.05, 4.69) is 17.5 Å². The lowest BCUT2D eigenvalue weighted by Crippen LogP contribution is -2.51. The molecule has 3 unspecified atom stereocenters. The molecule has 1 aliphatic heterocycles. The number of urea groups is 1. The number of carboxylic acids is 1. The maximum absolute atomic E-state index is 12.5. The van der Waals surface area contributed by atoms with Crippen molar-refractivity contribution in [3.8, 4) is 0 Å². The molecule has 2 N–H and O–H groups in total. The number of hydrogen-bond donors (Lipinski definition) is 2. The van der Waals surface area contributed by atoms with E-state index in [9.17, 15) is 9.59 Å². The molecule has 4 aliphatic rings.